The second kappa shape index (κ2) is 7.44. The Morgan fingerprint density at radius 2 is 2.43 bits per heavy atom. The minimum atomic E-state index is -0.203. The third-order valence-electron chi connectivity index (χ3n) is 1.47. The molecule has 0 aromatic carbocycles. The van der Waals surface area contributed by atoms with E-state index in [-0.39, 0.29) is 11.2 Å². The molecule has 0 aromatic heterocycles. The summed E-state index contributed by atoms with van der Waals surface area (Å²) in [7, 11) is 0. The normalized spacial score (nSPS) is 11.6. The summed E-state index contributed by atoms with van der Waals surface area (Å²) in [6, 6.07) is 0. The number of carbonyl (C=O) groups excluding carboxylic acids is 1. The number of nitrogens with zero attached hydrogens (tertiary/aromatic N) is 2. The molecule has 0 aromatic rings. The van der Waals surface area contributed by atoms with Gasteiger partial charge < -0.3 is 4.74 Å². The third-order valence-corrected chi connectivity index (χ3v) is 2.57. The Bertz CT molecular complexity index is 201. The highest BCUT2D eigenvalue weighted by molar-refractivity contribution is 8.00. The number of hydrazone groups is 1. The number of carbonyl (C=O) groups is 1. The van der Waals surface area contributed by atoms with Crippen LogP contribution >= 0.6 is 11.8 Å². The Morgan fingerprint density at radius 1 is 1.79 bits per heavy atom. The molecule has 80 valence electrons. The number of esters is 1. The van der Waals surface area contributed by atoms with Crippen LogP contribution < -0.4 is 0 Å². The number of hydrogen-bond donors (Lipinski definition) is 0. The zero-order valence-corrected chi connectivity index (χ0v) is 9.42. The molecule has 0 saturated heterocycles. The van der Waals surface area contributed by atoms with Crippen LogP contribution in [0.15, 0.2) is 17.9 Å². The van der Waals surface area contributed by atoms with Gasteiger partial charge >= 0.3 is 5.97 Å². The minimum Gasteiger partial charge on any atom is -0.465 e. The predicted octanol–water partition coefficient (Wildman–Crippen LogP) is 1.69. The molecule has 14 heavy (non-hydrogen) atoms. The lowest BCUT2D eigenvalue weighted by molar-refractivity contribution is -0.142. The fourth-order valence-electron chi connectivity index (χ4n) is 0.667. The molecule has 0 N–H and O–H groups in total. The summed E-state index contributed by atoms with van der Waals surface area (Å²) >= 11 is 1.43. The highest BCUT2D eigenvalue weighted by atomic mass is 32.2. The Labute approximate surface area is 89.0 Å². The lowest BCUT2D eigenvalue weighted by atomic mass is 10.5. The summed E-state index contributed by atoms with van der Waals surface area (Å²) in [5.74, 6) is 0.345. The topological polar surface area (TPSA) is 41.9 Å². The molecular weight excluding hydrogens is 200 g/mol. The lowest BCUT2D eigenvalue weighted by Crippen LogP contribution is -2.20. The minimum absolute atomic E-state index is 0.195. The van der Waals surface area contributed by atoms with E-state index in [1.165, 1.54) is 11.8 Å². The quantitative estimate of drug-likeness (QED) is 0.281. The van der Waals surface area contributed by atoms with Crippen LogP contribution in [0, 0.1) is 0 Å². The maximum absolute atomic E-state index is 11.2. The largest absolute Gasteiger partial charge is 0.465 e. The van der Waals surface area contributed by atoms with E-state index >= 15 is 0 Å². The van der Waals surface area contributed by atoms with E-state index in [0.717, 1.165) is 0 Å². The van der Waals surface area contributed by atoms with Crippen molar-refractivity contribution < 1.29 is 9.53 Å². The van der Waals surface area contributed by atoms with Gasteiger partial charge in [0.05, 0.1) is 12.5 Å². The smallest absolute Gasteiger partial charge is 0.318 e. The van der Waals surface area contributed by atoms with Crippen LogP contribution in [-0.2, 0) is 9.53 Å². The molecule has 0 heterocycles. The van der Waals surface area contributed by atoms with E-state index in [1.807, 2.05) is 0 Å². The van der Waals surface area contributed by atoms with E-state index in [9.17, 15) is 4.79 Å². The van der Waals surface area contributed by atoms with Crippen LogP contribution in [0.3, 0.4) is 0 Å². The van der Waals surface area contributed by atoms with E-state index < -0.39 is 0 Å². The lowest BCUT2D eigenvalue weighted by Gasteiger charge is -2.15. The van der Waals surface area contributed by atoms with Gasteiger partial charge in [-0.3, -0.25) is 9.80 Å². The van der Waals surface area contributed by atoms with Crippen LogP contribution in [0.4, 0.5) is 0 Å². The summed E-state index contributed by atoms with van der Waals surface area (Å²) in [6.45, 7) is 10.9. The Balaban J connectivity index is 3.82. The van der Waals surface area contributed by atoms with E-state index in [4.69, 9.17) is 4.74 Å². The van der Waals surface area contributed by atoms with Gasteiger partial charge in [-0.2, -0.15) is 5.10 Å². The second-order valence-corrected chi connectivity index (χ2v) is 3.75. The fourth-order valence-corrected chi connectivity index (χ4v) is 1.43. The van der Waals surface area contributed by atoms with Gasteiger partial charge in [0.1, 0.15) is 5.25 Å². The molecule has 5 heteroatoms. The summed E-state index contributed by atoms with van der Waals surface area (Å²) < 4.78 is 4.85. The molecule has 0 aliphatic rings. The second-order valence-electron chi connectivity index (χ2n) is 2.45. The molecule has 0 aliphatic carbocycles. The first kappa shape index (κ1) is 13.0. The molecule has 0 saturated carbocycles. The van der Waals surface area contributed by atoms with Gasteiger partial charge in [0.25, 0.3) is 0 Å². The van der Waals surface area contributed by atoms with E-state index in [1.54, 1.807) is 25.1 Å². The summed E-state index contributed by atoms with van der Waals surface area (Å²) in [5.41, 5.74) is 0. The molecular formula is C9H16N2O2S. The molecule has 0 bridgehead atoms. The van der Waals surface area contributed by atoms with Crippen molar-refractivity contribution in [3.8, 4) is 0 Å². The van der Waals surface area contributed by atoms with Crippen LogP contribution in [-0.4, -0.2) is 35.4 Å². The molecule has 0 radical (unpaired) electrons. The first-order chi connectivity index (χ1) is 6.65. The van der Waals surface area contributed by atoms with Crippen LogP contribution in [0.25, 0.3) is 0 Å². The van der Waals surface area contributed by atoms with Crippen molar-refractivity contribution in [2.24, 2.45) is 5.10 Å². The van der Waals surface area contributed by atoms with Gasteiger partial charge in [0.2, 0.25) is 0 Å². The van der Waals surface area contributed by atoms with Crippen LogP contribution in [0.1, 0.15) is 13.8 Å². The number of thioether (sulfide) groups is 1. The zero-order chi connectivity index (χ0) is 11.0. The molecule has 4 nitrogen and oxygen atoms in total. The van der Waals surface area contributed by atoms with E-state index in [0.29, 0.717) is 12.5 Å². The van der Waals surface area contributed by atoms with Gasteiger partial charge in [-0.25, -0.2) is 0 Å². The van der Waals surface area contributed by atoms with Crippen molar-refractivity contribution in [1.82, 2.24) is 5.01 Å². The van der Waals surface area contributed by atoms with Gasteiger partial charge in [-0.1, -0.05) is 6.58 Å². The predicted molar refractivity (Wildman–Crippen MR) is 60.1 cm³/mol. The average molecular weight is 216 g/mol. The first-order valence-electron chi connectivity index (χ1n) is 4.29. The number of hydrogen-bond acceptors (Lipinski definition) is 5. The third kappa shape index (κ3) is 4.91. The van der Waals surface area contributed by atoms with Crippen molar-refractivity contribution in [3.05, 3.63) is 12.8 Å². The average Bonchev–Trinajstić information content (AvgIpc) is 2.19. The first-order valence-corrected chi connectivity index (χ1v) is 5.34. The van der Waals surface area contributed by atoms with Crippen molar-refractivity contribution >= 4 is 24.4 Å². The SMILES string of the molecule is C=CN(CSC(C)C(=O)OCC)N=C. The molecule has 0 aliphatic heterocycles. The summed E-state index contributed by atoms with van der Waals surface area (Å²) in [5, 5.41) is 5.04. The Kier molecular flexibility index (Phi) is 6.92. The summed E-state index contributed by atoms with van der Waals surface area (Å²) in [6.07, 6.45) is 1.55. The zero-order valence-electron chi connectivity index (χ0n) is 8.60. The molecule has 0 amide bonds. The van der Waals surface area contributed by atoms with Crippen LogP contribution in [0.5, 0.6) is 0 Å². The van der Waals surface area contributed by atoms with E-state index in [2.05, 4.69) is 18.4 Å². The van der Waals surface area contributed by atoms with Crippen molar-refractivity contribution in [2.45, 2.75) is 19.1 Å². The van der Waals surface area contributed by atoms with Gasteiger partial charge in [0.15, 0.2) is 0 Å². The Morgan fingerprint density at radius 3 is 2.86 bits per heavy atom. The Hall–Kier alpha value is -0.970. The molecule has 1 atom stereocenters. The highest BCUT2D eigenvalue weighted by Crippen LogP contribution is 2.13. The number of ether oxygens (including phenoxy) is 1. The van der Waals surface area contributed by atoms with Crippen molar-refractivity contribution in [2.75, 3.05) is 12.5 Å². The maximum Gasteiger partial charge on any atom is 0.318 e. The molecule has 0 spiro atoms. The standard InChI is InChI=1S/C9H16N2O2S/c1-5-11(10-4)7-14-8(3)9(12)13-6-2/h5,8H,1,4,6-7H2,2-3H3. The highest BCUT2D eigenvalue weighted by Gasteiger charge is 2.14. The number of rotatable bonds is 7. The fraction of sp³-hybridized carbons (Fsp3) is 0.556. The van der Waals surface area contributed by atoms with Crippen molar-refractivity contribution in [1.29, 1.82) is 0 Å². The van der Waals surface area contributed by atoms with Gasteiger partial charge in [-0.05, 0) is 13.8 Å². The molecule has 1 unspecified atom stereocenters. The van der Waals surface area contributed by atoms with Crippen molar-refractivity contribution in [3.63, 3.8) is 0 Å². The molecule has 0 fully saturated rings. The summed E-state index contributed by atoms with van der Waals surface area (Å²) in [4.78, 5) is 11.2. The maximum atomic E-state index is 11.2. The van der Waals surface area contributed by atoms with Gasteiger partial charge in [-0.15, -0.1) is 11.8 Å². The van der Waals surface area contributed by atoms with Crippen LogP contribution in [0.2, 0.25) is 0 Å². The monoisotopic (exact) mass is 216 g/mol. The van der Waals surface area contributed by atoms with Gasteiger partial charge in [0, 0.05) is 12.9 Å². The molecule has 0 rings (SSSR count).